The Balaban J connectivity index is 5.62. The molecule has 11 heteroatoms. The van der Waals surface area contributed by atoms with Crippen LogP contribution < -0.4 is 0 Å². The lowest BCUT2D eigenvalue weighted by Gasteiger charge is -2.33. The number of carboxylic acid groups (broad SMARTS) is 1. The van der Waals surface area contributed by atoms with E-state index < -0.39 is 28.3 Å². The molecule has 96 valence electrons. The zero-order valence-electron chi connectivity index (χ0n) is 6.76. The third kappa shape index (κ3) is 2.02. The lowest BCUT2D eigenvalue weighted by molar-refractivity contribution is -0.275. The zero-order chi connectivity index (χ0) is 13.6. The number of aliphatic carboxylic acids is 1. The fourth-order valence-corrected chi connectivity index (χ4v) is 0.747. The van der Waals surface area contributed by atoms with Crippen molar-refractivity contribution in [2.24, 2.45) is 0 Å². The lowest BCUT2D eigenvalue weighted by Crippen LogP contribution is -2.62. The summed E-state index contributed by atoms with van der Waals surface area (Å²) < 4.78 is 86.3. The minimum Gasteiger partial charge on any atom is -0.477 e. The van der Waals surface area contributed by atoms with Gasteiger partial charge >= 0.3 is 28.3 Å². The van der Waals surface area contributed by atoms with Gasteiger partial charge in [-0.2, -0.15) is 26.3 Å². The van der Waals surface area contributed by atoms with Gasteiger partial charge in [-0.15, -0.1) is 0 Å². The van der Waals surface area contributed by atoms with Crippen molar-refractivity contribution in [1.29, 1.82) is 0 Å². The highest BCUT2D eigenvalue weighted by atomic mass is 35.5. The van der Waals surface area contributed by atoms with Crippen LogP contribution in [-0.4, -0.2) is 33.4 Å². The van der Waals surface area contributed by atoms with Gasteiger partial charge in [0.05, 0.1) is 0 Å². The molecule has 0 heterocycles. The number of hydrogen-bond acceptors (Lipinski definition) is 1. The average molecular weight is 297 g/mol. The van der Waals surface area contributed by atoms with Crippen LogP contribution in [0.3, 0.4) is 0 Å². The second-order valence-electron chi connectivity index (χ2n) is 2.53. The van der Waals surface area contributed by atoms with E-state index in [2.05, 4.69) is 23.2 Å². The van der Waals surface area contributed by atoms with Gasteiger partial charge in [-0.3, -0.25) is 0 Å². The largest absolute Gasteiger partial charge is 0.477 e. The van der Waals surface area contributed by atoms with E-state index in [1.165, 1.54) is 0 Å². The van der Waals surface area contributed by atoms with Crippen molar-refractivity contribution in [2.75, 3.05) is 0 Å². The van der Waals surface area contributed by atoms with E-state index in [1.54, 1.807) is 0 Å². The fourth-order valence-electron chi connectivity index (χ4n) is 0.509. The van der Waals surface area contributed by atoms with Crippen molar-refractivity contribution < 1.29 is 40.6 Å². The molecule has 0 saturated heterocycles. The summed E-state index contributed by atoms with van der Waals surface area (Å²) in [6.45, 7) is 0. The molecule has 0 spiro atoms. The van der Waals surface area contributed by atoms with Gasteiger partial charge in [0.25, 0.3) is 0 Å². The van der Waals surface area contributed by atoms with E-state index in [1.807, 2.05) is 0 Å². The van der Waals surface area contributed by atoms with E-state index in [9.17, 15) is 35.5 Å². The van der Waals surface area contributed by atoms with E-state index in [4.69, 9.17) is 5.11 Å². The summed E-state index contributed by atoms with van der Waals surface area (Å²) in [5.41, 5.74) is 0. The molecule has 0 rings (SSSR count). The Morgan fingerprint density at radius 3 is 1.44 bits per heavy atom. The van der Waals surface area contributed by atoms with Crippen LogP contribution in [0, 0.1) is 0 Å². The van der Waals surface area contributed by atoms with E-state index in [-0.39, 0.29) is 0 Å². The van der Waals surface area contributed by atoms with Crippen LogP contribution in [0.1, 0.15) is 0 Å². The second kappa shape index (κ2) is 3.80. The highest BCUT2D eigenvalue weighted by Crippen LogP contribution is 2.55. The van der Waals surface area contributed by atoms with Crippen LogP contribution in [0.4, 0.5) is 30.7 Å². The molecule has 0 radical (unpaired) electrons. The van der Waals surface area contributed by atoms with Crippen molar-refractivity contribution in [1.82, 2.24) is 0 Å². The molecule has 1 N–H and O–H groups in total. The number of hydrogen-bond donors (Lipinski definition) is 1. The molecule has 0 aromatic heterocycles. The van der Waals surface area contributed by atoms with E-state index in [0.29, 0.717) is 0 Å². The topological polar surface area (TPSA) is 37.3 Å². The molecule has 0 saturated carbocycles. The third-order valence-corrected chi connectivity index (χ3v) is 2.25. The van der Waals surface area contributed by atoms with Crippen molar-refractivity contribution in [2.45, 2.75) is 22.4 Å². The second-order valence-corrected chi connectivity index (χ2v) is 3.52. The summed E-state index contributed by atoms with van der Waals surface area (Å²) in [5, 5.41) is -3.70. The molecule has 0 fully saturated rings. The summed E-state index contributed by atoms with van der Waals surface area (Å²) in [6, 6.07) is 0. The number of rotatable bonds is 4. The number of halogens is 9. The van der Waals surface area contributed by atoms with Crippen LogP contribution in [0.5, 0.6) is 0 Å². The molecule has 0 bridgehead atoms. The monoisotopic (exact) mass is 296 g/mol. The van der Waals surface area contributed by atoms with E-state index in [0.717, 1.165) is 0 Å². The first-order chi connectivity index (χ1) is 6.69. The molecular weight excluding hydrogens is 296 g/mol. The molecule has 0 aromatic rings. The SMILES string of the molecule is O=C(O)C(F)(F)C(F)(F)C(F)(Cl)C(F)(F)Cl. The van der Waals surface area contributed by atoms with Gasteiger partial charge in [0, 0.05) is 0 Å². The van der Waals surface area contributed by atoms with E-state index >= 15 is 0 Å². The first kappa shape index (κ1) is 15.6. The number of alkyl halides is 9. The molecule has 0 aliphatic rings. The standard InChI is InChI=1S/C5HCl2F7O2/c6-3(10,5(7,13)14)4(11,12)2(8,9)1(15)16/h(H,15,16). The molecule has 2 nitrogen and oxygen atoms in total. The highest BCUT2D eigenvalue weighted by Gasteiger charge is 2.81. The first-order valence-corrected chi connectivity index (χ1v) is 3.88. The molecule has 1 unspecified atom stereocenters. The van der Waals surface area contributed by atoms with Gasteiger partial charge in [0.1, 0.15) is 0 Å². The van der Waals surface area contributed by atoms with Gasteiger partial charge in [0.2, 0.25) is 0 Å². The number of carboxylic acids is 1. The lowest BCUT2D eigenvalue weighted by atomic mass is 10.1. The Morgan fingerprint density at radius 1 is 0.938 bits per heavy atom. The Hall–Kier alpha value is -0.440. The van der Waals surface area contributed by atoms with Crippen LogP contribution in [0.2, 0.25) is 0 Å². The average Bonchev–Trinajstić information content (AvgIpc) is 2.00. The minimum absolute atomic E-state index is 3.53. The third-order valence-electron chi connectivity index (χ3n) is 1.41. The van der Waals surface area contributed by atoms with Gasteiger partial charge in [-0.25, -0.2) is 9.18 Å². The molecule has 0 amide bonds. The molecular formula is C5HCl2F7O2. The summed E-state index contributed by atoms with van der Waals surface area (Å²) in [5.74, 6) is -16.1. The van der Waals surface area contributed by atoms with Crippen LogP contribution in [-0.2, 0) is 4.79 Å². The van der Waals surface area contributed by atoms with Crippen LogP contribution in [0.15, 0.2) is 0 Å². The highest BCUT2D eigenvalue weighted by molar-refractivity contribution is 6.33. The Labute approximate surface area is 92.9 Å². The summed E-state index contributed by atoms with van der Waals surface area (Å²) in [7, 11) is 0. The predicted octanol–water partition coefficient (Wildman–Crippen LogP) is 3.08. The van der Waals surface area contributed by atoms with Gasteiger partial charge in [-0.05, 0) is 11.6 Å². The Bertz CT molecular complexity index is 298. The smallest absolute Gasteiger partial charge is 0.409 e. The first-order valence-electron chi connectivity index (χ1n) is 3.13. The minimum atomic E-state index is -6.42. The maximum Gasteiger partial charge on any atom is 0.409 e. The Kier molecular flexibility index (Phi) is 3.69. The number of carbonyl (C=O) groups is 1. The van der Waals surface area contributed by atoms with Gasteiger partial charge < -0.3 is 5.11 Å². The fraction of sp³-hybridized carbons (Fsp3) is 0.800. The molecule has 1 atom stereocenters. The summed E-state index contributed by atoms with van der Waals surface area (Å²) >= 11 is 7.66. The molecule has 16 heavy (non-hydrogen) atoms. The summed E-state index contributed by atoms with van der Waals surface area (Å²) in [4.78, 5) is 9.70. The zero-order valence-corrected chi connectivity index (χ0v) is 8.27. The van der Waals surface area contributed by atoms with Crippen LogP contribution in [0.25, 0.3) is 0 Å². The maximum atomic E-state index is 12.6. The van der Waals surface area contributed by atoms with Crippen molar-refractivity contribution >= 4 is 29.2 Å². The van der Waals surface area contributed by atoms with Gasteiger partial charge in [0.15, 0.2) is 0 Å². The Morgan fingerprint density at radius 2 is 1.25 bits per heavy atom. The predicted molar refractivity (Wildman–Crippen MR) is 38.0 cm³/mol. The maximum absolute atomic E-state index is 12.6. The van der Waals surface area contributed by atoms with Gasteiger partial charge in [-0.1, -0.05) is 11.6 Å². The molecule has 0 aliphatic carbocycles. The van der Waals surface area contributed by atoms with Crippen molar-refractivity contribution in [3.63, 3.8) is 0 Å². The van der Waals surface area contributed by atoms with Crippen LogP contribution >= 0.6 is 23.2 Å². The quantitative estimate of drug-likeness (QED) is 0.639. The molecule has 0 aromatic carbocycles. The molecule has 0 aliphatic heterocycles. The van der Waals surface area contributed by atoms with Crippen molar-refractivity contribution in [3.8, 4) is 0 Å². The normalized spacial score (nSPS) is 18.1. The van der Waals surface area contributed by atoms with Crippen molar-refractivity contribution in [3.05, 3.63) is 0 Å². The summed E-state index contributed by atoms with van der Waals surface area (Å²) in [6.07, 6.45) is 0.